The van der Waals surface area contributed by atoms with Crippen molar-refractivity contribution < 1.29 is 4.79 Å². The van der Waals surface area contributed by atoms with Crippen molar-refractivity contribution in [3.05, 3.63) is 29.3 Å². The van der Waals surface area contributed by atoms with Crippen LogP contribution in [0.25, 0.3) is 0 Å². The molecule has 3 nitrogen and oxygen atoms in total. The number of nitrogens with one attached hydrogen (secondary N) is 1. The first-order valence-electron chi connectivity index (χ1n) is 4.81. The third-order valence-corrected chi connectivity index (χ3v) is 2.78. The van der Waals surface area contributed by atoms with Gasteiger partial charge in [-0.3, -0.25) is 0 Å². The van der Waals surface area contributed by atoms with Gasteiger partial charge in [0.25, 0.3) is 0 Å². The summed E-state index contributed by atoms with van der Waals surface area (Å²) in [6, 6.07) is 5.56. The number of nitrogen functional groups attached to an aromatic ring is 1. The summed E-state index contributed by atoms with van der Waals surface area (Å²) in [6.07, 6.45) is 0.935. The fourth-order valence-corrected chi connectivity index (χ4v) is 2.08. The van der Waals surface area contributed by atoms with Gasteiger partial charge < -0.3 is 15.8 Å². The van der Waals surface area contributed by atoms with Gasteiger partial charge in [-0.15, -0.1) is 0 Å². The Balaban J connectivity index is 2.56. The third kappa shape index (κ3) is 1.30. The number of fused-ring (bicyclic) bond motifs is 1. The highest BCUT2D eigenvalue weighted by molar-refractivity contribution is 5.67. The van der Waals surface area contributed by atoms with E-state index in [0.29, 0.717) is 5.92 Å². The molecule has 0 aromatic heterocycles. The van der Waals surface area contributed by atoms with Crippen molar-refractivity contribution in [3.63, 3.8) is 0 Å². The van der Waals surface area contributed by atoms with E-state index in [0.717, 1.165) is 29.6 Å². The van der Waals surface area contributed by atoms with Crippen LogP contribution >= 0.6 is 0 Å². The maximum absolute atomic E-state index is 10.8. The van der Waals surface area contributed by atoms with Crippen LogP contribution in [0, 0.1) is 0 Å². The predicted octanol–water partition coefficient (Wildman–Crippen LogP) is 1.22. The van der Waals surface area contributed by atoms with Crippen molar-refractivity contribution in [3.8, 4) is 0 Å². The molecule has 3 N–H and O–H groups in total. The summed E-state index contributed by atoms with van der Waals surface area (Å²) in [7, 11) is 0. The van der Waals surface area contributed by atoms with Crippen LogP contribution in [0.4, 0.5) is 5.69 Å². The minimum atomic E-state index is -0.190. The monoisotopic (exact) mass is 190 g/mol. The van der Waals surface area contributed by atoms with E-state index >= 15 is 0 Å². The van der Waals surface area contributed by atoms with Crippen molar-refractivity contribution in [2.24, 2.45) is 0 Å². The number of anilines is 1. The second kappa shape index (κ2) is 3.42. The summed E-state index contributed by atoms with van der Waals surface area (Å²) in [4.78, 5) is 10.8. The average molecular weight is 190 g/mol. The number of benzene rings is 1. The quantitative estimate of drug-likeness (QED) is 0.517. The molecule has 0 fully saturated rings. The Labute approximate surface area is 83.3 Å². The molecule has 2 atom stereocenters. The largest absolute Gasteiger partial charge is 0.398 e. The number of carbonyl (C=O) groups excluding carboxylic acids is 1. The Morgan fingerprint density at radius 1 is 1.57 bits per heavy atom. The molecular formula is C11H14N2O. The van der Waals surface area contributed by atoms with Gasteiger partial charge in [0.05, 0.1) is 6.04 Å². The summed E-state index contributed by atoms with van der Waals surface area (Å²) < 4.78 is 0. The lowest BCUT2D eigenvalue weighted by Gasteiger charge is -2.28. The van der Waals surface area contributed by atoms with Crippen molar-refractivity contribution in [2.75, 3.05) is 12.3 Å². The molecule has 0 aliphatic carbocycles. The van der Waals surface area contributed by atoms with Crippen LogP contribution in [0.5, 0.6) is 0 Å². The van der Waals surface area contributed by atoms with Crippen molar-refractivity contribution in [1.29, 1.82) is 0 Å². The summed E-state index contributed by atoms with van der Waals surface area (Å²) in [5, 5.41) is 3.18. The van der Waals surface area contributed by atoms with Gasteiger partial charge in [0.1, 0.15) is 6.29 Å². The van der Waals surface area contributed by atoms with Crippen molar-refractivity contribution in [2.45, 2.75) is 18.9 Å². The molecule has 0 saturated carbocycles. The zero-order valence-corrected chi connectivity index (χ0v) is 8.16. The fraction of sp³-hybridized carbons (Fsp3) is 0.364. The number of aldehydes is 1. The standard InChI is InChI=1S/C11H14N2O/c1-7-5-13-10(6-14)8-3-2-4-9(12)11(7)8/h2-4,6-7,10,13H,5,12H2,1H3. The zero-order chi connectivity index (χ0) is 10.1. The molecule has 1 heterocycles. The van der Waals surface area contributed by atoms with Gasteiger partial charge in [0, 0.05) is 12.2 Å². The molecule has 1 aliphatic heterocycles. The lowest BCUT2D eigenvalue weighted by Crippen LogP contribution is -2.33. The molecule has 0 radical (unpaired) electrons. The van der Waals surface area contributed by atoms with E-state index in [4.69, 9.17) is 5.73 Å². The number of nitrogens with two attached hydrogens (primary N) is 1. The van der Waals surface area contributed by atoms with Crippen LogP contribution < -0.4 is 11.1 Å². The van der Waals surface area contributed by atoms with Gasteiger partial charge in [-0.2, -0.15) is 0 Å². The summed E-state index contributed by atoms with van der Waals surface area (Å²) in [6.45, 7) is 2.92. The van der Waals surface area contributed by atoms with Crippen LogP contribution in [0.1, 0.15) is 30.0 Å². The second-order valence-electron chi connectivity index (χ2n) is 3.77. The number of hydrogen-bond acceptors (Lipinski definition) is 3. The Morgan fingerprint density at radius 3 is 3.07 bits per heavy atom. The average Bonchev–Trinajstić information content (AvgIpc) is 2.18. The summed E-state index contributed by atoms with van der Waals surface area (Å²) in [5.41, 5.74) is 8.85. The SMILES string of the molecule is CC1CNC(C=O)c2cccc(N)c21. The molecule has 0 spiro atoms. The normalized spacial score (nSPS) is 25.5. The van der Waals surface area contributed by atoms with Gasteiger partial charge in [0.2, 0.25) is 0 Å². The molecule has 0 bridgehead atoms. The van der Waals surface area contributed by atoms with Gasteiger partial charge in [0.15, 0.2) is 0 Å². The molecule has 1 aliphatic rings. The van der Waals surface area contributed by atoms with Gasteiger partial charge >= 0.3 is 0 Å². The van der Waals surface area contributed by atoms with E-state index in [2.05, 4.69) is 12.2 Å². The Kier molecular flexibility index (Phi) is 2.25. The molecule has 1 aromatic rings. The van der Waals surface area contributed by atoms with Gasteiger partial charge in [-0.1, -0.05) is 19.1 Å². The minimum Gasteiger partial charge on any atom is -0.398 e. The summed E-state index contributed by atoms with van der Waals surface area (Å²) >= 11 is 0. The fourth-order valence-electron chi connectivity index (χ4n) is 2.08. The molecule has 2 unspecified atom stereocenters. The second-order valence-corrected chi connectivity index (χ2v) is 3.77. The highest BCUT2D eigenvalue weighted by atomic mass is 16.1. The lowest BCUT2D eigenvalue weighted by molar-refractivity contribution is -0.109. The van der Waals surface area contributed by atoms with Gasteiger partial charge in [-0.25, -0.2) is 0 Å². The van der Waals surface area contributed by atoms with E-state index in [1.807, 2.05) is 18.2 Å². The zero-order valence-electron chi connectivity index (χ0n) is 8.16. The smallest absolute Gasteiger partial charge is 0.141 e. The van der Waals surface area contributed by atoms with E-state index in [-0.39, 0.29) is 6.04 Å². The molecule has 14 heavy (non-hydrogen) atoms. The van der Waals surface area contributed by atoms with E-state index in [1.165, 1.54) is 0 Å². The topological polar surface area (TPSA) is 55.1 Å². The molecule has 3 heteroatoms. The number of rotatable bonds is 1. The van der Waals surface area contributed by atoms with Crippen LogP contribution in [-0.2, 0) is 4.79 Å². The summed E-state index contributed by atoms with van der Waals surface area (Å²) in [5.74, 6) is 0.377. The highest BCUT2D eigenvalue weighted by Gasteiger charge is 2.24. The maximum Gasteiger partial charge on any atom is 0.141 e. The number of carbonyl (C=O) groups is 1. The van der Waals surface area contributed by atoms with Crippen LogP contribution in [-0.4, -0.2) is 12.8 Å². The van der Waals surface area contributed by atoms with E-state index < -0.39 is 0 Å². The number of hydrogen-bond donors (Lipinski definition) is 2. The van der Waals surface area contributed by atoms with Crippen LogP contribution in [0.15, 0.2) is 18.2 Å². The maximum atomic E-state index is 10.8. The Bertz CT molecular complexity index is 362. The molecule has 0 saturated heterocycles. The minimum absolute atomic E-state index is 0.190. The molecule has 74 valence electrons. The molecule has 1 aromatic carbocycles. The van der Waals surface area contributed by atoms with E-state index in [1.54, 1.807) is 0 Å². The Hall–Kier alpha value is -1.35. The van der Waals surface area contributed by atoms with E-state index in [9.17, 15) is 4.79 Å². The first-order valence-corrected chi connectivity index (χ1v) is 4.81. The predicted molar refractivity (Wildman–Crippen MR) is 56.1 cm³/mol. The first-order chi connectivity index (χ1) is 6.74. The molecule has 0 amide bonds. The molecular weight excluding hydrogens is 176 g/mol. The van der Waals surface area contributed by atoms with Crippen molar-refractivity contribution >= 4 is 12.0 Å². The lowest BCUT2D eigenvalue weighted by atomic mass is 9.87. The Morgan fingerprint density at radius 2 is 2.36 bits per heavy atom. The first kappa shape index (κ1) is 9.21. The van der Waals surface area contributed by atoms with Crippen molar-refractivity contribution in [1.82, 2.24) is 5.32 Å². The van der Waals surface area contributed by atoms with Gasteiger partial charge in [-0.05, 0) is 23.1 Å². The van der Waals surface area contributed by atoms with Crippen LogP contribution in [0.3, 0.4) is 0 Å². The highest BCUT2D eigenvalue weighted by Crippen LogP contribution is 2.32. The third-order valence-electron chi connectivity index (χ3n) is 2.78. The molecule has 2 rings (SSSR count). The van der Waals surface area contributed by atoms with Crippen LogP contribution in [0.2, 0.25) is 0 Å².